The van der Waals surface area contributed by atoms with Gasteiger partial charge in [0.25, 0.3) is 0 Å². The van der Waals surface area contributed by atoms with Crippen LogP contribution in [0.1, 0.15) is 5.56 Å². The first kappa shape index (κ1) is 11.3. The van der Waals surface area contributed by atoms with Crippen molar-refractivity contribution in [2.75, 3.05) is 0 Å². The molecule has 1 aromatic heterocycles. The van der Waals surface area contributed by atoms with Crippen LogP contribution in [0.15, 0.2) is 71.3 Å². The summed E-state index contributed by atoms with van der Waals surface area (Å²) in [5.74, 6) is 0.970. The number of fused-ring (bicyclic) bond motifs is 2. The summed E-state index contributed by atoms with van der Waals surface area (Å²) in [7, 11) is 0. The Hall–Kier alpha value is -2.54. The molecule has 3 aromatic carbocycles. The SMILES string of the molecule is Cc1ccoc1-c1c2ccccc2cc2ccccc12. The normalized spacial score (nSPS) is 11.2. The first-order valence-corrected chi connectivity index (χ1v) is 6.79. The third-order valence-corrected chi connectivity index (χ3v) is 3.86. The molecule has 0 N–H and O–H groups in total. The average molecular weight is 258 g/mol. The predicted molar refractivity (Wildman–Crippen MR) is 83.9 cm³/mol. The molecule has 0 aliphatic heterocycles. The van der Waals surface area contributed by atoms with Crippen molar-refractivity contribution in [2.24, 2.45) is 0 Å². The van der Waals surface area contributed by atoms with E-state index in [2.05, 4.69) is 61.5 Å². The van der Waals surface area contributed by atoms with Crippen molar-refractivity contribution in [2.45, 2.75) is 6.92 Å². The van der Waals surface area contributed by atoms with E-state index in [0.29, 0.717) is 0 Å². The van der Waals surface area contributed by atoms with E-state index in [4.69, 9.17) is 4.42 Å². The lowest BCUT2D eigenvalue weighted by molar-refractivity contribution is 0.582. The van der Waals surface area contributed by atoms with Gasteiger partial charge in [-0.15, -0.1) is 0 Å². The van der Waals surface area contributed by atoms with E-state index in [1.165, 1.54) is 32.7 Å². The lowest BCUT2D eigenvalue weighted by atomic mass is 9.94. The van der Waals surface area contributed by atoms with Crippen molar-refractivity contribution >= 4 is 21.5 Å². The minimum absolute atomic E-state index is 0.970. The van der Waals surface area contributed by atoms with Crippen molar-refractivity contribution in [3.05, 3.63) is 72.5 Å². The van der Waals surface area contributed by atoms with Gasteiger partial charge in [-0.2, -0.15) is 0 Å². The molecule has 0 aliphatic carbocycles. The zero-order valence-electron chi connectivity index (χ0n) is 11.3. The molecular formula is C19H14O. The summed E-state index contributed by atoms with van der Waals surface area (Å²) in [4.78, 5) is 0. The zero-order chi connectivity index (χ0) is 13.5. The first-order chi connectivity index (χ1) is 9.84. The highest BCUT2D eigenvalue weighted by Crippen LogP contribution is 2.37. The predicted octanol–water partition coefficient (Wildman–Crippen LogP) is 5.56. The van der Waals surface area contributed by atoms with Crippen LogP contribution in [0.3, 0.4) is 0 Å². The fraction of sp³-hybridized carbons (Fsp3) is 0.0526. The first-order valence-electron chi connectivity index (χ1n) is 6.79. The van der Waals surface area contributed by atoms with Crippen LogP contribution in [0.25, 0.3) is 32.9 Å². The van der Waals surface area contributed by atoms with Gasteiger partial charge in [0.15, 0.2) is 0 Å². The van der Waals surface area contributed by atoms with Crippen molar-refractivity contribution in [1.82, 2.24) is 0 Å². The van der Waals surface area contributed by atoms with Crippen molar-refractivity contribution in [3.63, 3.8) is 0 Å². The number of aryl methyl sites for hydroxylation is 1. The number of benzene rings is 3. The van der Waals surface area contributed by atoms with Crippen LogP contribution in [-0.4, -0.2) is 0 Å². The summed E-state index contributed by atoms with van der Waals surface area (Å²) >= 11 is 0. The Kier molecular flexibility index (Phi) is 2.40. The fourth-order valence-electron chi connectivity index (χ4n) is 2.89. The molecule has 0 fully saturated rings. The molecule has 0 amide bonds. The summed E-state index contributed by atoms with van der Waals surface area (Å²) in [5.41, 5.74) is 2.37. The van der Waals surface area contributed by atoms with Gasteiger partial charge in [0, 0.05) is 5.56 Å². The molecule has 20 heavy (non-hydrogen) atoms. The van der Waals surface area contributed by atoms with Crippen molar-refractivity contribution < 1.29 is 4.42 Å². The van der Waals surface area contributed by atoms with Gasteiger partial charge in [0.05, 0.1) is 6.26 Å². The van der Waals surface area contributed by atoms with Crippen molar-refractivity contribution in [3.8, 4) is 11.3 Å². The highest BCUT2D eigenvalue weighted by atomic mass is 16.3. The van der Waals surface area contributed by atoms with Crippen LogP contribution in [0.2, 0.25) is 0 Å². The summed E-state index contributed by atoms with van der Waals surface area (Å²) in [6, 6.07) is 21.2. The van der Waals surface area contributed by atoms with Crippen LogP contribution >= 0.6 is 0 Å². The Morgan fingerprint density at radius 3 is 1.90 bits per heavy atom. The lowest BCUT2D eigenvalue weighted by Gasteiger charge is -2.10. The van der Waals surface area contributed by atoms with E-state index in [-0.39, 0.29) is 0 Å². The molecule has 96 valence electrons. The topological polar surface area (TPSA) is 13.1 Å². The zero-order valence-corrected chi connectivity index (χ0v) is 11.3. The molecule has 0 radical (unpaired) electrons. The van der Waals surface area contributed by atoms with Gasteiger partial charge in [-0.05, 0) is 46.2 Å². The molecule has 0 saturated carbocycles. The second-order valence-electron chi connectivity index (χ2n) is 5.13. The third kappa shape index (κ3) is 1.56. The maximum Gasteiger partial charge on any atom is 0.137 e. The van der Waals surface area contributed by atoms with E-state index >= 15 is 0 Å². The molecule has 0 saturated heterocycles. The van der Waals surface area contributed by atoms with Crippen LogP contribution in [-0.2, 0) is 0 Å². The lowest BCUT2D eigenvalue weighted by Crippen LogP contribution is -1.85. The summed E-state index contributed by atoms with van der Waals surface area (Å²) in [6.45, 7) is 2.09. The van der Waals surface area contributed by atoms with Gasteiger partial charge < -0.3 is 4.42 Å². The molecular weight excluding hydrogens is 244 g/mol. The van der Waals surface area contributed by atoms with Crippen molar-refractivity contribution in [1.29, 1.82) is 0 Å². The van der Waals surface area contributed by atoms with Gasteiger partial charge in [-0.1, -0.05) is 48.5 Å². The van der Waals surface area contributed by atoms with Crippen LogP contribution in [0, 0.1) is 6.92 Å². The standard InChI is InChI=1S/C19H14O/c1-13-10-11-20-19(13)18-16-8-4-2-6-14(16)12-15-7-3-5-9-17(15)18/h2-12H,1H3. The Morgan fingerprint density at radius 2 is 1.35 bits per heavy atom. The minimum atomic E-state index is 0.970. The Balaban J connectivity index is 2.26. The number of furan rings is 1. The maximum atomic E-state index is 5.77. The van der Waals surface area contributed by atoms with E-state index in [1.807, 2.05) is 6.07 Å². The van der Waals surface area contributed by atoms with E-state index < -0.39 is 0 Å². The van der Waals surface area contributed by atoms with Gasteiger partial charge in [-0.25, -0.2) is 0 Å². The molecule has 1 heteroatoms. The van der Waals surface area contributed by atoms with Gasteiger partial charge in [0.2, 0.25) is 0 Å². The number of rotatable bonds is 1. The van der Waals surface area contributed by atoms with Crippen LogP contribution in [0.5, 0.6) is 0 Å². The highest BCUT2D eigenvalue weighted by Gasteiger charge is 2.13. The largest absolute Gasteiger partial charge is 0.464 e. The molecule has 1 nitrogen and oxygen atoms in total. The molecule has 4 aromatic rings. The summed E-state index contributed by atoms with van der Waals surface area (Å²) < 4.78 is 5.77. The van der Waals surface area contributed by atoms with Gasteiger partial charge >= 0.3 is 0 Å². The number of hydrogen-bond acceptors (Lipinski definition) is 1. The Morgan fingerprint density at radius 1 is 0.750 bits per heavy atom. The molecule has 0 bridgehead atoms. The second-order valence-corrected chi connectivity index (χ2v) is 5.13. The molecule has 0 spiro atoms. The minimum Gasteiger partial charge on any atom is -0.464 e. The Bertz CT molecular complexity index is 861. The molecule has 0 atom stereocenters. The number of hydrogen-bond donors (Lipinski definition) is 0. The second kappa shape index (κ2) is 4.24. The van der Waals surface area contributed by atoms with Crippen LogP contribution < -0.4 is 0 Å². The summed E-state index contributed by atoms with van der Waals surface area (Å²) in [6.07, 6.45) is 1.77. The Labute approximate surface area is 117 Å². The highest BCUT2D eigenvalue weighted by molar-refractivity contribution is 6.12. The average Bonchev–Trinajstić information content (AvgIpc) is 2.90. The van der Waals surface area contributed by atoms with Gasteiger partial charge in [-0.3, -0.25) is 0 Å². The maximum absolute atomic E-state index is 5.77. The summed E-state index contributed by atoms with van der Waals surface area (Å²) in [5, 5.41) is 4.97. The van der Waals surface area contributed by atoms with E-state index in [9.17, 15) is 0 Å². The molecule has 0 aliphatic rings. The molecule has 4 rings (SSSR count). The fourth-order valence-corrected chi connectivity index (χ4v) is 2.89. The smallest absolute Gasteiger partial charge is 0.137 e. The third-order valence-electron chi connectivity index (χ3n) is 3.86. The quantitative estimate of drug-likeness (QED) is 0.407. The van der Waals surface area contributed by atoms with E-state index in [0.717, 1.165) is 5.76 Å². The van der Waals surface area contributed by atoms with E-state index in [1.54, 1.807) is 6.26 Å². The molecule has 0 unspecified atom stereocenters. The molecule has 1 heterocycles. The van der Waals surface area contributed by atoms with Gasteiger partial charge in [0.1, 0.15) is 5.76 Å². The monoisotopic (exact) mass is 258 g/mol. The van der Waals surface area contributed by atoms with Crippen LogP contribution in [0.4, 0.5) is 0 Å².